The third kappa shape index (κ3) is 3.06. The lowest BCUT2D eigenvalue weighted by atomic mass is 10.2. The Bertz CT molecular complexity index is 755. The average Bonchev–Trinajstić information content (AvgIpc) is 2.96. The molecule has 0 spiro atoms. The molecule has 0 radical (unpaired) electrons. The fourth-order valence-corrected chi connectivity index (χ4v) is 2.13. The van der Waals surface area contributed by atoms with Crippen molar-refractivity contribution in [2.45, 2.75) is 13.5 Å². The van der Waals surface area contributed by atoms with Crippen molar-refractivity contribution in [1.29, 1.82) is 0 Å². The molecule has 2 aromatic carbocycles. The zero-order chi connectivity index (χ0) is 14.7. The monoisotopic (exact) mass is 300 g/mol. The van der Waals surface area contributed by atoms with Crippen molar-refractivity contribution in [2.75, 3.05) is 0 Å². The predicted octanol–water partition coefficient (Wildman–Crippen LogP) is 4.28. The average molecular weight is 301 g/mol. The Hall–Kier alpha value is -2.33. The van der Waals surface area contributed by atoms with E-state index < -0.39 is 0 Å². The van der Waals surface area contributed by atoms with Crippen LogP contribution >= 0.6 is 11.6 Å². The summed E-state index contributed by atoms with van der Waals surface area (Å²) in [6.07, 6.45) is 0. The highest BCUT2D eigenvalue weighted by Gasteiger charge is 2.12. The number of aromatic nitrogens is 2. The van der Waals surface area contributed by atoms with Crippen LogP contribution in [0.3, 0.4) is 0 Å². The fourth-order valence-electron chi connectivity index (χ4n) is 1.92. The summed E-state index contributed by atoms with van der Waals surface area (Å²) in [5, 5.41) is 4.49. The first-order chi connectivity index (χ1) is 10.2. The van der Waals surface area contributed by atoms with Gasteiger partial charge < -0.3 is 9.26 Å². The summed E-state index contributed by atoms with van der Waals surface area (Å²) in [4.78, 5) is 4.30. The highest BCUT2D eigenvalue weighted by atomic mass is 35.5. The normalized spacial score (nSPS) is 10.6. The van der Waals surface area contributed by atoms with Crippen LogP contribution in [-0.4, -0.2) is 10.1 Å². The van der Waals surface area contributed by atoms with E-state index in [0.717, 1.165) is 11.3 Å². The summed E-state index contributed by atoms with van der Waals surface area (Å²) in [6, 6.07) is 15.1. The number of para-hydroxylation sites is 1. The Morgan fingerprint density at radius 3 is 2.67 bits per heavy atom. The van der Waals surface area contributed by atoms with Crippen LogP contribution in [-0.2, 0) is 6.61 Å². The van der Waals surface area contributed by atoms with E-state index in [-0.39, 0.29) is 6.61 Å². The molecule has 0 fully saturated rings. The Kier molecular flexibility index (Phi) is 3.88. The van der Waals surface area contributed by atoms with Crippen molar-refractivity contribution in [3.63, 3.8) is 0 Å². The molecule has 0 amide bonds. The van der Waals surface area contributed by atoms with Crippen LogP contribution in [0.5, 0.6) is 5.75 Å². The second-order valence-corrected chi connectivity index (χ2v) is 4.96. The molecule has 0 saturated heterocycles. The molecular formula is C16H13ClN2O2. The Balaban J connectivity index is 1.74. The van der Waals surface area contributed by atoms with Crippen LogP contribution < -0.4 is 4.74 Å². The molecule has 3 rings (SSSR count). The summed E-state index contributed by atoms with van der Waals surface area (Å²) >= 11 is 6.10. The van der Waals surface area contributed by atoms with E-state index in [1.807, 2.05) is 49.4 Å². The smallest absolute Gasteiger partial charge is 0.259 e. The summed E-state index contributed by atoms with van der Waals surface area (Å²) in [6.45, 7) is 2.24. The molecule has 1 heterocycles. The zero-order valence-corrected chi connectivity index (χ0v) is 12.2. The van der Waals surface area contributed by atoms with Crippen molar-refractivity contribution in [2.24, 2.45) is 0 Å². The minimum absolute atomic E-state index is 0.249. The first-order valence-electron chi connectivity index (χ1n) is 6.50. The first kappa shape index (κ1) is 13.6. The molecule has 0 N–H and O–H groups in total. The molecule has 3 aromatic rings. The van der Waals surface area contributed by atoms with E-state index >= 15 is 0 Å². The van der Waals surface area contributed by atoms with Gasteiger partial charge in [-0.05, 0) is 30.7 Å². The van der Waals surface area contributed by atoms with Gasteiger partial charge in [-0.1, -0.05) is 47.1 Å². The van der Waals surface area contributed by atoms with Gasteiger partial charge in [0.1, 0.15) is 5.75 Å². The quantitative estimate of drug-likeness (QED) is 0.721. The minimum Gasteiger partial charge on any atom is -0.485 e. The lowest BCUT2D eigenvalue weighted by molar-refractivity contribution is 0.285. The van der Waals surface area contributed by atoms with Crippen molar-refractivity contribution in [1.82, 2.24) is 10.1 Å². The van der Waals surface area contributed by atoms with Gasteiger partial charge in [-0.25, -0.2) is 0 Å². The summed E-state index contributed by atoms with van der Waals surface area (Å²) in [5.74, 6) is 1.68. The van der Waals surface area contributed by atoms with E-state index in [0.29, 0.717) is 22.3 Å². The van der Waals surface area contributed by atoms with Crippen molar-refractivity contribution >= 4 is 11.6 Å². The van der Waals surface area contributed by atoms with Crippen LogP contribution in [0.15, 0.2) is 53.1 Å². The summed E-state index contributed by atoms with van der Waals surface area (Å²) in [7, 11) is 0. The molecule has 0 aliphatic heterocycles. The SMILES string of the molecule is Cc1ccccc1OCc1noc(-c2ccccc2Cl)n1. The minimum atomic E-state index is 0.249. The van der Waals surface area contributed by atoms with Crippen molar-refractivity contribution in [3.8, 4) is 17.2 Å². The molecule has 5 heteroatoms. The molecule has 21 heavy (non-hydrogen) atoms. The van der Waals surface area contributed by atoms with Gasteiger partial charge >= 0.3 is 0 Å². The number of ether oxygens (including phenoxy) is 1. The maximum Gasteiger partial charge on any atom is 0.259 e. The lowest BCUT2D eigenvalue weighted by Gasteiger charge is -2.05. The summed E-state index contributed by atoms with van der Waals surface area (Å²) in [5.41, 5.74) is 1.78. The van der Waals surface area contributed by atoms with Crippen molar-refractivity contribution < 1.29 is 9.26 Å². The molecule has 0 saturated carbocycles. The van der Waals surface area contributed by atoms with Crippen LogP contribution in [0.4, 0.5) is 0 Å². The van der Waals surface area contributed by atoms with Crippen LogP contribution in [0.25, 0.3) is 11.5 Å². The van der Waals surface area contributed by atoms with E-state index in [1.54, 1.807) is 6.07 Å². The third-order valence-corrected chi connectivity index (χ3v) is 3.35. The number of rotatable bonds is 4. The van der Waals surface area contributed by atoms with Gasteiger partial charge in [0.2, 0.25) is 5.82 Å². The number of nitrogens with zero attached hydrogens (tertiary/aromatic N) is 2. The van der Waals surface area contributed by atoms with E-state index in [1.165, 1.54) is 0 Å². The Morgan fingerprint density at radius 1 is 1.10 bits per heavy atom. The number of hydrogen-bond acceptors (Lipinski definition) is 4. The summed E-state index contributed by atoms with van der Waals surface area (Å²) < 4.78 is 10.9. The van der Waals surface area contributed by atoms with Gasteiger partial charge in [0, 0.05) is 0 Å². The van der Waals surface area contributed by atoms with E-state index in [9.17, 15) is 0 Å². The van der Waals surface area contributed by atoms with E-state index in [2.05, 4.69) is 10.1 Å². The molecule has 1 aromatic heterocycles. The van der Waals surface area contributed by atoms with Crippen LogP contribution in [0.1, 0.15) is 11.4 Å². The molecule has 0 aliphatic rings. The van der Waals surface area contributed by atoms with Gasteiger partial charge in [-0.2, -0.15) is 4.98 Å². The standard InChI is InChI=1S/C16H13ClN2O2/c1-11-6-2-5-9-14(11)20-10-15-18-16(21-19-15)12-7-3-4-8-13(12)17/h2-9H,10H2,1H3. The zero-order valence-electron chi connectivity index (χ0n) is 11.4. The lowest BCUT2D eigenvalue weighted by Crippen LogP contribution is -1.98. The van der Waals surface area contributed by atoms with Gasteiger partial charge in [-0.3, -0.25) is 0 Å². The molecule has 4 nitrogen and oxygen atoms in total. The fraction of sp³-hybridized carbons (Fsp3) is 0.125. The predicted molar refractivity (Wildman–Crippen MR) is 80.3 cm³/mol. The largest absolute Gasteiger partial charge is 0.485 e. The number of halogens is 1. The Labute approximate surface area is 127 Å². The maximum absolute atomic E-state index is 6.10. The highest BCUT2D eigenvalue weighted by molar-refractivity contribution is 6.33. The van der Waals surface area contributed by atoms with Crippen LogP contribution in [0.2, 0.25) is 5.02 Å². The van der Waals surface area contributed by atoms with Crippen molar-refractivity contribution in [3.05, 3.63) is 64.9 Å². The van der Waals surface area contributed by atoms with Gasteiger partial charge in [-0.15, -0.1) is 0 Å². The Morgan fingerprint density at radius 2 is 1.86 bits per heavy atom. The number of aryl methyl sites for hydroxylation is 1. The second-order valence-electron chi connectivity index (χ2n) is 4.55. The molecular weight excluding hydrogens is 288 g/mol. The van der Waals surface area contributed by atoms with Gasteiger partial charge in [0.25, 0.3) is 5.89 Å². The van der Waals surface area contributed by atoms with E-state index in [4.69, 9.17) is 20.9 Å². The molecule has 106 valence electrons. The molecule has 0 bridgehead atoms. The third-order valence-electron chi connectivity index (χ3n) is 3.02. The second kappa shape index (κ2) is 5.97. The first-order valence-corrected chi connectivity index (χ1v) is 6.88. The molecule has 0 atom stereocenters. The highest BCUT2D eigenvalue weighted by Crippen LogP contribution is 2.26. The van der Waals surface area contributed by atoms with Crippen LogP contribution in [0, 0.1) is 6.92 Å². The molecule has 0 aliphatic carbocycles. The van der Waals surface area contributed by atoms with Gasteiger partial charge in [0.15, 0.2) is 6.61 Å². The maximum atomic E-state index is 6.10. The topological polar surface area (TPSA) is 48.2 Å². The van der Waals surface area contributed by atoms with Gasteiger partial charge in [0.05, 0.1) is 10.6 Å². The number of hydrogen-bond donors (Lipinski definition) is 0. The molecule has 0 unspecified atom stereocenters. The number of benzene rings is 2.